The maximum absolute atomic E-state index is 12.0. The molecule has 0 aliphatic carbocycles. The molecule has 7 nitrogen and oxygen atoms in total. The van der Waals surface area contributed by atoms with Gasteiger partial charge in [0.25, 0.3) is 0 Å². The smallest absolute Gasteiger partial charge is 0.232 e. The van der Waals surface area contributed by atoms with E-state index in [-0.39, 0.29) is 23.0 Å². The largest absolute Gasteiger partial charge is 0.306 e. The first-order valence-electron chi connectivity index (χ1n) is 8.56. The number of nitrogens with one attached hydrogen (secondary N) is 2. The highest BCUT2D eigenvalue weighted by Crippen LogP contribution is 2.26. The van der Waals surface area contributed by atoms with Gasteiger partial charge < -0.3 is 10.6 Å². The average Bonchev–Trinajstić information content (AvgIpc) is 3.17. The fourth-order valence-electron chi connectivity index (χ4n) is 2.20. The predicted molar refractivity (Wildman–Crippen MR) is 103 cm³/mol. The van der Waals surface area contributed by atoms with E-state index in [0.29, 0.717) is 10.8 Å². The average molecular weight is 397 g/mol. The first kappa shape index (κ1) is 20.5. The summed E-state index contributed by atoms with van der Waals surface area (Å²) in [4.78, 5) is 21.8. The molecule has 0 atom stereocenters. The first-order valence-corrected chi connectivity index (χ1v) is 11.0. The van der Waals surface area contributed by atoms with E-state index in [1.54, 1.807) is 13.0 Å². The van der Waals surface area contributed by atoms with E-state index in [2.05, 4.69) is 34.4 Å². The SMILES string of the molecule is CCC.CCS(=O)(=O)c1ccc(CC(=O)Nc2nc3c(s2)CNC3)nc1. The zero-order valence-electron chi connectivity index (χ0n) is 15.2. The van der Waals surface area contributed by atoms with E-state index >= 15 is 0 Å². The molecule has 2 aromatic heterocycles. The van der Waals surface area contributed by atoms with Crippen LogP contribution < -0.4 is 10.6 Å². The summed E-state index contributed by atoms with van der Waals surface area (Å²) in [6.07, 6.45) is 2.62. The van der Waals surface area contributed by atoms with Gasteiger partial charge in [-0.25, -0.2) is 13.4 Å². The molecule has 142 valence electrons. The number of amides is 1. The third-order valence-electron chi connectivity index (χ3n) is 3.48. The van der Waals surface area contributed by atoms with Crippen LogP contribution in [0.25, 0.3) is 0 Å². The maximum Gasteiger partial charge on any atom is 0.232 e. The molecule has 9 heteroatoms. The van der Waals surface area contributed by atoms with Gasteiger partial charge in [-0.1, -0.05) is 27.2 Å². The lowest BCUT2D eigenvalue weighted by Gasteiger charge is -2.04. The number of nitrogens with zero attached hydrogens (tertiary/aromatic N) is 2. The van der Waals surface area contributed by atoms with Gasteiger partial charge in [0, 0.05) is 29.9 Å². The van der Waals surface area contributed by atoms with Crippen molar-refractivity contribution in [2.24, 2.45) is 0 Å². The molecule has 3 rings (SSSR count). The molecule has 0 unspecified atom stereocenters. The molecule has 0 saturated carbocycles. The van der Waals surface area contributed by atoms with Crippen molar-refractivity contribution in [3.05, 3.63) is 34.6 Å². The Balaban J connectivity index is 0.000000758. The van der Waals surface area contributed by atoms with Gasteiger partial charge in [-0.2, -0.15) is 0 Å². The van der Waals surface area contributed by atoms with Crippen molar-refractivity contribution in [3.8, 4) is 0 Å². The second-order valence-corrected chi connectivity index (χ2v) is 9.18. The quantitative estimate of drug-likeness (QED) is 0.805. The summed E-state index contributed by atoms with van der Waals surface area (Å²) in [5.74, 6) is -0.193. The van der Waals surface area contributed by atoms with Gasteiger partial charge in [-0.05, 0) is 12.1 Å². The van der Waals surface area contributed by atoms with Crippen molar-refractivity contribution < 1.29 is 13.2 Å². The number of anilines is 1. The Kier molecular flexibility index (Phi) is 7.24. The summed E-state index contributed by atoms with van der Waals surface area (Å²) in [7, 11) is -3.27. The fraction of sp³-hybridized carbons (Fsp3) is 0.471. The lowest BCUT2D eigenvalue weighted by molar-refractivity contribution is -0.115. The Hall–Kier alpha value is -1.84. The first-order chi connectivity index (χ1) is 12.4. The van der Waals surface area contributed by atoms with Crippen molar-refractivity contribution in [2.45, 2.75) is 51.6 Å². The molecule has 2 aromatic rings. The second kappa shape index (κ2) is 9.20. The molecule has 2 N–H and O–H groups in total. The molecule has 0 bridgehead atoms. The maximum atomic E-state index is 12.0. The predicted octanol–water partition coefficient (Wildman–Crippen LogP) is 2.53. The number of fused-ring (bicyclic) bond motifs is 1. The number of hydrogen-bond acceptors (Lipinski definition) is 7. The molecular formula is C17H24N4O3S2. The van der Waals surface area contributed by atoms with Gasteiger partial charge >= 0.3 is 0 Å². The van der Waals surface area contributed by atoms with E-state index in [0.717, 1.165) is 23.7 Å². The highest BCUT2D eigenvalue weighted by Gasteiger charge is 2.18. The molecule has 0 spiro atoms. The van der Waals surface area contributed by atoms with E-state index in [1.807, 2.05) is 0 Å². The van der Waals surface area contributed by atoms with Crippen molar-refractivity contribution >= 4 is 32.2 Å². The van der Waals surface area contributed by atoms with Crippen LogP contribution in [0.15, 0.2) is 23.2 Å². The Labute approximate surface area is 158 Å². The Morgan fingerprint density at radius 2 is 2.00 bits per heavy atom. The Morgan fingerprint density at radius 1 is 1.27 bits per heavy atom. The minimum absolute atomic E-state index is 0.0259. The van der Waals surface area contributed by atoms with Crippen LogP contribution in [0.5, 0.6) is 0 Å². The molecule has 26 heavy (non-hydrogen) atoms. The van der Waals surface area contributed by atoms with Crippen LogP contribution >= 0.6 is 11.3 Å². The number of carbonyl (C=O) groups is 1. The minimum atomic E-state index is -3.27. The number of aromatic nitrogens is 2. The van der Waals surface area contributed by atoms with Crippen LogP contribution in [0.4, 0.5) is 5.13 Å². The molecule has 0 aromatic carbocycles. The van der Waals surface area contributed by atoms with E-state index in [9.17, 15) is 13.2 Å². The van der Waals surface area contributed by atoms with Crippen molar-refractivity contribution in [1.82, 2.24) is 15.3 Å². The third-order valence-corrected chi connectivity index (χ3v) is 6.21. The zero-order valence-corrected chi connectivity index (χ0v) is 16.8. The van der Waals surface area contributed by atoms with Crippen molar-refractivity contribution in [3.63, 3.8) is 0 Å². The topological polar surface area (TPSA) is 101 Å². The molecule has 1 aliphatic heterocycles. The number of sulfone groups is 1. The van der Waals surface area contributed by atoms with Crippen LogP contribution in [0.3, 0.4) is 0 Å². The van der Waals surface area contributed by atoms with Crippen LogP contribution in [0, 0.1) is 0 Å². The Morgan fingerprint density at radius 3 is 2.58 bits per heavy atom. The lowest BCUT2D eigenvalue weighted by atomic mass is 10.2. The van der Waals surface area contributed by atoms with E-state index in [4.69, 9.17) is 0 Å². The standard InChI is InChI=1S/C14H16N4O3S2.C3H8/c1-2-23(20,21)10-4-3-9(16-6-10)5-13(19)18-14-17-11-7-15-8-12(11)22-14;1-3-2/h3-4,6,15H,2,5,7-8H2,1H3,(H,17,18,19);3H2,1-2H3. The number of thiazole rings is 1. The number of carbonyl (C=O) groups excluding carboxylic acids is 1. The van der Waals surface area contributed by atoms with Gasteiger partial charge in [0.05, 0.1) is 22.8 Å². The van der Waals surface area contributed by atoms with Crippen molar-refractivity contribution in [1.29, 1.82) is 0 Å². The number of pyridine rings is 1. The van der Waals surface area contributed by atoms with Gasteiger partial charge in [0.1, 0.15) is 0 Å². The summed E-state index contributed by atoms with van der Waals surface area (Å²) < 4.78 is 23.4. The number of hydrogen-bond donors (Lipinski definition) is 2. The molecule has 1 amide bonds. The number of rotatable bonds is 5. The molecule has 1 aliphatic rings. The molecule has 3 heterocycles. The summed E-state index contributed by atoms with van der Waals surface area (Å²) in [5.41, 5.74) is 1.50. The van der Waals surface area contributed by atoms with E-state index < -0.39 is 9.84 Å². The summed E-state index contributed by atoms with van der Waals surface area (Å²) in [6.45, 7) is 7.35. The van der Waals surface area contributed by atoms with Crippen LogP contribution in [-0.2, 0) is 34.1 Å². The highest BCUT2D eigenvalue weighted by atomic mass is 32.2. The monoisotopic (exact) mass is 396 g/mol. The zero-order chi connectivity index (χ0) is 19.2. The van der Waals surface area contributed by atoms with Gasteiger partial charge in [-0.15, -0.1) is 11.3 Å². The molecule has 0 radical (unpaired) electrons. The summed E-state index contributed by atoms with van der Waals surface area (Å²) in [5, 5.41) is 6.53. The van der Waals surface area contributed by atoms with Crippen LogP contribution in [0.1, 0.15) is 43.5 Å². The summed E-state index contributed by atoms with van der Waals surface area (Å²) in [6, 6.07) is 3.05. The molecule has 0 saturated heterocycles. The second-order valence-electron chi connectivity index (χ2n) is 5.81. The molecule has 0 fully saturated rings. The van der Waals surface area contributed by atoms with Gasteiger partial charge in [0.15, 0.2) is 15.0 Å². The normalized spacial score (nSPS) is 12.9. The minimum Gasteiger partial charge on any atom is -0.306 e. The Bertz CT molecular complexity index is 824. The van der Waals surface area contributed by atoms with Crippen LogP contribution in [-0.4, -0.2) is 30.0 Å². The summed E-state index contributed by atoms with van der Waals surface area (Å²) >= 11 is 1.46. The van der Waals surface area contributed by atoms with Crippen LogP contribution in [0.2, 0.25) is 0 Å². The lowest BCUT2D eigenvalue weighted by Crippen LogP contribution is -2.15. The van der Waals surface area contributed by atoms with Gasteiger partial charge in [0.2, 0.25) is 5.91 Å². The highest BCUT2D eigenvalue weighted by molar-refractivity contribution is 7.91. The van der Waals surface area contributed by atoms with Crippen molar-refractivity contribution in [2.75, 3.05) is 11.1 Å². The fourth-order valence-corrected chi connectivity index (χ4v) is 3.99. The third kappa shape index (κ3) is 5.33. The van der Waals surface area contributed by atoms with E-state index in [1.165, 1.54) is 30.0 Å². The van der Waals surface area contributed by atoms with Gasteiger partial charge in [-0.3, -0.25) is 9.78 Å². The molecular weight excluding hydrogens is 372 g/mol.